The maximum Gasteiger partial charge on any atom is 0.416 e. The topological polar surface area (TPSA) is 124 Å². The normalized spacial score (nSPS) is 19.0. The van der Waals surface area contributed by atoms with Gasteiger partial charge in [-0.15, -0.1) is 16.9 Å². The molecule has 1 fully saturated rings. The zero-order valence-corrected chi connectivity index (χ0v) is 27.2. The SMILES string of the molecule is CC1SC2(CCN(C(=O)c3ccccn3)CC2)c2c1n(CC(=O)Nc1ccc(C(F)(F)F)cc1Cl)c1nc(C3=CCOCC3)nn1c2=O. The zero-order valence-electron chi connectivity index (χ0n) is 25.6. The van der Waals surface area contributed by atoms with Crippen LogP contribution in [0.4, 0.5) is 18.9 Å². The van der Waals surface area contributed by atoms with Crippen LogP contribution in [0.3, 0.4) is 0 Å². The van der Waals surface area contributed by atoms with Crippen molar-refractivity contribution in [2.75, 3.05) is 31.6 Å². The van der Waals surface area contributed by atoms with Gasteiger partial charge in [0.25, 0.3) is 11.5 Å². The average Bonchev–Trinajstić information content (AvgIpc) is 3.64. The molecule has 1 spiro atoms. The molecule has 0 radical (unpaired) electrons. The van der Waals surface area contributed by atoms with Gasteiger partial charge in [0, 0.05) is 30.2 Å². The van der Waals surface area contributed by atoms with Gasteiger partial charge in [0.1, 0.15) is 12.2 Å². The number of nitrogens with zero attached hydrogens (tertiary/aromatic N) is 6. The fourth-order valence-electron chi connectivity index (χ4n) is 6.62. The zero-order chi connectivity index (χ0) is 33.8. The summed E-state index contributed by atoms with van der Waals surface area (Å²) in [5.74, 6) is -0.238. The first-order chi connectivity index (χ1) is 22.9. The predicted octanol–water partition coefficient (Wildman–Crippen LogP) is 5.34. The van der Waals surface area contributed by atoms with E-state index in [4.69, 9.17) is 21.3 Å². The summed E-state index contributed by atoms with van der Waals surface area (Å²) in [6.45, 7) is 3.30. The highest BCUT2D eigenvalue weighted by Crippen LogP contribution is 2.58. The van der Waals surface area contributed by atoms with Crippen molar-refractivity contribution in [2.45, 2.75) is 48.9 Å². The minimum Gasteiger partial charge on any atom is -0.377 e. The molecule has 1 atom stereocenters. The summed E-state index contributed by atoms with van der Waals surface area (Å²) in [4.78, 5) is 51.7. The largest absolute Gasteiger partial charge is 0.416 e. The van der Waals surface area contributed by atoms with Gasteiger partial charge in [-0.05, 0) is 62.1 Å². The van der Waals surface area contributed by atoms with Crippen molar-refractivity contribution in [3.8, 4) is 0 Å². The third-order valence-electron chi connectivity index (χ3n) is 8.89. The molecular formula is C32H29ClF3N7O4S. The van der Waals surface area contributed by atoms with Crippen LogP contribution in [0, 0.1) is 0 Å². The van der Waals surface area contributed by atoms with Crippen LogP contribution >= 0.6 is 23.4 Å². The third-order valence-corrected chi connectivity index (χ3v) is 10.8. The van der Waals surface area contributed by atoms with Gasteiger partial charge >= 0.3 is 6.18 Å². The highest BCUT2D eigenvalue weighted by Gasteiger charge is 2.50. The van der Waals surface area contributed by atoms with E-state index >= 15 is 0 Å². The number of fused-ring (bicyclic) bond motifs is 3. The summed E-state index contributed by atoms with van der Waals surface area (Å²) in [5.41, 5.74) is 1.04. The van der Waals surface area contributed by atoms with Crippen LogP contribution in [-0.4, -0.2) is 67.2 Å². The van der Waals surface area contributed by atoms with Gasteiger partial charge in [0.2, 0.25) is 11.7 Å². The first kappa shape index (κ1) is 32.3. The van der Waals surface area contributed by atoms with Gasteiger partial charge in [-0.2, -0.15) is 22.7 Å². The lowest BCUT2D eigenvalue weighted by atomic mass is 9.87. The number of anilines is 1. The van der Waals surface area contributed by atoms with E-state index < -0.39 is 22.4 Å². The number of rotatable bonds is 5. The van der Waals surface area contributed by atoms with Gasteiger partial charge in [-0.3, -0.25) is 19.4 Å². The van der Waals surface area contributed by atoms with Crippen LogP contribution in [0.15, 0.2) is 53.5 Å². The van der Waals surface area contributed by atoms with Crippen LogP contribution in [0.2, 0.25) is 5.02 Å². The number of halogens is 4. The quantitative estimate of drug-likeness (QED) is 0.296. The lowest BCUT2D eigenvalue weighted by Crippen LogP contribution is -2.45. The Labute approximate surface area is 281 Å². The molecular weight excluding hydrogens is 671 g/mol. The molecule has 0 saturated carbocycles. The van der Waals surface area contributed by atoms with Crippen LogP contribution < -0.4 is 10.9 Å². The van der Waals surface area contributed by atoms with Crippen molar-refractivity contribution in [1.29, 1.82) is 0 Å². The number of piperidine rings is 1. The number of pyridine rings is 1. The lowest BCUT2D eigenvalue weighted by Gasteiger charge is -2.39. The van der Waals surface area contributed by atoms with E-state index in [0.29, 0.717) is 68.3 Å². The van der Waals surface area contributed by atoms with E-state index in [0.717, 1.165) is 23.8 Å². The molecule has 7 rings (SSSR count). The summed E-state index contributed by atoms with van der Waals surface area (Å²) in [6.07, 6.45) is 0.368. The highest BCUT2D eigenvalue weighted by atomic mass is 35.5. The van der Waals surface area contributed by atoms with E-state index in [1.54, 1.807) is 45.6 Å². The van der Waals surface area contributed by atoms with E-state index in [1.807, 2.05) is 13.0 Å². The second kappa shape index (κ2) is 12.3. The number of amides is 2. The Morgan fingerprint density at radius 1 is 1.19 bits per heavy atom. The Balaban J connectivity index is 1.27. The van der Waals surface area contributed by atoms with Crippen molar-refractivity contribution in [2.24, 2.45) is 0 Å². The number of alkyl halides is 3. The molecule has 1 saturated heterocycles. The number of ether oxygens (including phenoxy) is 1. The molecule has 4 aromatic rings. The molecule has 6 heterocycles. The molecule has 2 amide bonds. The number of thioether (sulfide) groups is 1. The molecule has 250 valence electrons. The Hall–Kier alpha value is -4.21. The van der Waals surface area contributed by atoms with Gasteiger partial charge in [-0.25, -0.2) is 0 Å². The Morgan fingerprint density at radius 2 is 1.98 bits per heavy atom. The van der Waals surface area contributed by atoms with E-state index in [9.17, 15) is 27.6 Å². The Kier molecular flexibility index (Phi) is 8.32. The number of carbonyl (C=O) groups is 2. The van der Waals surface area contributed by atoms with Gasteiger partial charge < -0.3 is 19.5 Å². The summed E-state index contributed by atoms with van der Waals surface area (Å²) >= 11 is 7.74. The van der Waals surface area contributed by atoms with Crippen LogP contribution in [-0.2, 0) is 27.0 Å². The molecule has 3 aliphatic heterocycles. The van der Waals surface area contributed by atoms with Gasteiger partial charge in [0.05, 0.1) is 39.8 Å². The van der Waals surface area contributed by atoms with Crippen molar-refractivity contribution >= 4 is 52.2 Å². The number of hydrogen-bond acceptors (Lipinski definition) is 8. The second-order valence-electron chi connectivity index (χ2n) is 11.9. The third kappa shape index (κ3) is 5.77. The fourth-order valence-corrected chi connectivity index (χ4v) is 8.60. The van der Waals surface area contributed by atoms with Crippen molar-refractivity contribution in [1.82, 2.24) is 29.0 Å². The van der Waals surface area contributed by atoms with Crippen LogP contribution in [0.1, 0.15) is 64.6 Å². The van der Waals surface area contributed by atoms with E-state index in [2.05, 4.69) is 15.4 Å². The van der Waals surface area contributed by atoms with Crippen molar-refractivity contribution in [3.05, 3.63) is 92.4 Å². The standard InChI is InChI=1S/C32H29ClF3N7O4S/c1-18-26-25(31(48-18)9-12-41(13-10-31)28(45)23-4-2-3-11-37-23)29(46)43-30(39-27(40-43)19-7-14-47-15-8-19)42(26)17-24(44)38-22-6-5-20(16-21(22)33)32(34,35)36/h2-7,11,16,18H,8-10,12-15,17H2,1H3,(H,38,44). The molecule has 48 heavy (non-hydrogen) atoms. The lowest BCUT2D eigenvalue weighted by molar-refractivity contribution is -0.137. The number of aromatic nitrogens is 5. The molecule has 3 aromatic heterocycles. The number of benzene rings is 1. The van der Waals surface area contributed by atoms with Crippen molar-refractivity contribution < 1.29 is 27.5 Å². The summed E-state index contributed by atoms with van der Waals surface area (Å²) in [7, 11) is 0. The van der Waals surface area contributed by atoms with Crippen molar-refractivity contribution in [3.63, 3.8) is 0 Å². The molecule has 0 aliphatic carbocycles. The maximum absolute atomic E-state index is 14.3. The Morgan fingerprint density at radius 3 is 2.65 bits per heavy atom. The number of carbonyl (C=O) groups excluding carboxylic acids is 2. The molecule has 3 aliphatic rings. The molecule has 0 bridgehead atoms. The molecule has 11 nitrogen and oxygen atoms in total. The van der Waals surface area contributed by atoms with Gasteiger partial charge in [-0.1, -0.05) is 23.7 Å². The van der Waals surface area contributed by atoms with Crippen LogP contribution in [0.25, 0.3) is 11.4 Å². The van der Waals surface area contributed by atoms with E-state index in [-0.39, 0.29) is 39.7 Å². The number of nitrogens with one attached hydrogen (secondary N) is 1. The maximum atomic E-state index is 14.3. The molecule has 1 unspecified atom stereocenters. The Bertz CT molecular complexity index is 2020. The first-order valence-corrected chi connectivity index (χ1v) is 16.6. The van der Waals surface area contributed by atoms with E-state index in [1.165, 1.54) is 4.52 Å². The monoisotopic (exact) mass is 699 g/mol. The fraction of sp³-hybridized carbons (Fsp3) is 0.375. The second-order valence-corrected chi connectivity index (χ2v) is 14.0. The molecule has 1 aromatic carbocycles. The number of hydrogen-bond donors (Lipinski definition) is 1. The summed E-state index contributed by atoms with van der Waals surface area (Å²) < 4.78 is 47.3. The smallest absolute Gasteiger partial charge is 0.377 e. The minimum absolute atomic E-state index is 0.0155. The molecule has 16 heteroatoms. The predicted molar refractivity (Wildman–Crippen MR) is 173 cm³/mol. The number of likely N-dealkylation sites (tertiary alicyclic amines) is 1. The highest BCUT2D eigenvalue weighted by molar-refractivity contribution is 8.00. The van der Waals surface area contributed by atoms with Gasteiger partial charge in [0.15, 0.2) is 5.82 Å². The summed E-state index contributed by atoms with van der Waals surface area (Å²) in [5, 5.41) is 6.72. The first-order valence-electron chi connectivity index (χ1n) is 15.3. The summed E-state index contributed by atoms with van der Waals surface area (Å²) in [6, 6.07) is 7.88. The average molecular weight is 700 g/mol. The minimum atomic E-state index is -4.59. The van der Waals surface area contributed by atoms with Crippen LogP contribution in [0.5, 0.6) is 0 Å². The molecule has 1 N–H and O–H groups in total.